The van der Waals surface area contributed by atoms with Gasteiger partial charge in [0.05, 0.1) is 5.69 Å². The van der Waals surface area contributed by atoms with Crippen molar-refractivity contribution in [1.82, 2.24) is 0 Å². The van der Waals surface area contributed by atoms with E-state index < -0.39 is 6.09 Å². The van der Waals surface area contributed by atoms with Gasteiger partial charge >= 0.3 is 6.09 Å². The molecule has 1 aromatic rings. The summed E-state index contributed by atoms with van der Waals surface area (Å²) in [6.45, 7) is 8.73. The number of carbonyl (C=O) groups is 1. The normalized spacial score (nSPS) is 14.7. The Balaban J connectivity index is 2.45. The number of hydrogen-bond donors (Lipinski definition) is 1. The fourth-order valence-corrected chi connectivity index (χ4v) is 3.07. The van der Waals surface area contributed by atoms with E-state index in [1.54, 1.807) is 0 Å². The Hall–Kier alpha value is -1.71. The van der Waals surface area contributed by atoms with Gasteiger partial charge in [0.1, 0.15) is 0 Å². The van der Waals surface area contributed by atoms with Gasteiger partial charge in [-0.1, -0.05) is 13.0 Å². The van der Waals surface area contributed by atoms with Gasteiger partial charge in [-0.25, -0.2) is 4.79 Å². The summed E-state index contributed by atoms with van der Waals surface area (Å²) in [5.41, 5.74) is 4.17. The first kappa shape index (κ1) is 14.7. The molecule has 4 nitrogen and oxygen atoms in total. The van der Waals surface area contributed by atoms with E-state index in [9.17, 15) is 9.90 Å². The maximum atomic E-state index is 11.5. The molecule has 0 aliphatic carbocycles. The molecule has 1 amide bonds. The number of amides is 1. The van der Waals surface area contributed by atoms with Crippen molar-refractivity contribution in [1.29, 1.82) is 0 Å². The monoisotopic (exact) mass is 276 g/mol. The van der Waals surface area contributed by atoms with Crippen LogP contribution in [0.1, 0.15) is 37.3 Å². The lowest BCUT2D eigenvalue weighted by molar-refractivity contribution is 0.201. The Morgan fingerprint density at radius 3 is 2.50 bits per heavy atom. The van der Waals surface area contributed by atoms with Gasteiger partial charge in [0.25, 0.3) is 0 Å². The molecule has 4 heteroatoms. The molecule has 110 valence electrons. The largest absolute Gasteiger partial charge is 0.465 e. The molecule has 0 aromatic heterocycles. The molecule has 1 saturated heterocycles. The van der Waals surface area contributed by atoms with Crippen molar-refractivity contribution in [3.8, 4) is 0 Å². The highest BCUT2D eigenvalue weighted by atomic mass is 16.4. The van der Waals surface area contributed by atoms with Gasteiger partial charge in [0.2, 0.25) is 0 Å². The van der Waals surface area contributed by atoms with Crippen molar-refractivity contribution >= 4 is 17.5 Å². The van der Waals surface area contributed by atoms with Gasteiger partial charge in [-0.2, -0.15) is 0 Å². The molecule has 1 fully saturated rings. The van der Waals surface area contributed by atoms with E-state index in [1.807, 2.05) is 26.8 Å². The molecular weight excluding hydrogens is 252 g/mol. The van der Waals surface area contributed by atoms with Gasteiger partial charge in [0, 0.05) is 25.3 Å². The van der Waals surface area contributed by atoms with Crippen LogP contribution in [0.15, 0.2) is 12.1 Å². The maximum Gasteiger partial charge on any atom is 0.411 e. The van der Waals surface area contributed by atoms with E-state index >= 15 is 0 Å². The SMILES string of the molecule is CCCN(C(=O)O)c1c(C)ccc(N2CCCC2)c1C. The third-order valence-corrected chi connectivity index (χ3v) is 4.00. The van der Waals surface area contributed by atoms with Crippen LogP contribution in [0.5, 0.6) is 0 Å². The quantitative estimate of drug-likeness (QED) is 0.909. The molecular formula is C16H24N2O2. The van der Waals surface area contributed by atoms with Crippen LogP contribution < -0.4 is 9.80 Å². The van der Waals surface area contributed by atoms with Gasteiger partial charge in [-0.3, -0.25) is 4.90 Å². The number of anilines is 2. The Kier molecular flexibility index (Phi) is 4.53. The van der Waals surface area contributed by atoms with Crippen LogP contribution in [-0.2, 0) is 0 Å². The lowest BCUT2D eigenvalue weighted by atomic mass is 10.0. The summed E-state index contributed by atoms with van der Waals surface area (Å²) in [4.78, 5) is 15.4. The highest BCUT2D eigenvalue weighted by Gasteiger charge is 2.22. The van der Waals surface area contributed by atoms with Gasteiger partial charge in [-0.15, -0.1) is 0 Å². The highest BCUT2D eigenvalue weighted by molar-refractivity contribution is 5.90. The van der Waals surface area contributed by atoms with Crippen molar-refractivity contribution in [2.75, 3.05) is 29.4 Å². The van der Waals surface area contributed by atoms with E-state index in [4.69, 9.17) is 0 Å². The second-order valence-electron chi connectivity index (χ2n) is 5.50. The minimum Gasteiger partial charge on any atom is -0.465 e. The summed E-state index contributed by atoms with van der Waals surface area (Å²) in [6, 6.07) is 4.17. The summed E-state index contributed by atoms with van der Waals surface area (Å²) in [5.74, 6) is 0. The summed E-state index contributed by atoms with van der Waals surface area (Å²) in [5, 5.41) is 9.48. The molecule has 1 aliphatic rings. The van der Waals surface area contributed by atoms with E-state index in [0.29, 0.717) is 6.54 Å². The maximum absolute atomic E-state index is 11.5. The average molecular weight is 276 g/mol. The predicted octanol–water partition coefficient (Wildman–Crippen LogP) is 3.80. The topological polar surface area (TPSA) is 43.8 Å². The van der Waals surface area contributed by atoms with Crippen molar-refractivity contribution < 1.29 is 9.90 Å². The Bertz CT molecular complexity index is 493. The molecule has 1 N–H and O–H groups in total. The van der Waals surface area contributed by atoms with E-state index in [1.165, 1.54) is 23.4 Å². The van der Waals surface area contributed by atoms with E-state index in [2.05, 4.69) is 11.0 Å². The lowest BCUT2D eigenvalue weighted by Gasteiger charge is -2.27. The van der Waals surface area contributed by atoms with E-state index in [-0.39, 0.29) is 0 Å². The van der Waals surface area contributed by atoms with Crippen LogP contribution in [0.4, 0.5) is 16.2 Å². The molecule has 20 heavy (non-hydrogen) atoms. The van der Waals surface area contributed by atoms with Crippen LogP contribution in [0.3, 0.4) is 0 Å². The number of carboxylic acid groups (broad SMARTS) is 1. The lowest BCUT2D eigenvalue weighted by Crippen LogP contribution is -2.32. The van der Waals surface area contributed by atoms with Crippen LogP contribution in [-0.4, -0.2) is 30.8 Å². The molecule has 0 saturated carbocycles. The van der Waals surface area contributed by atoms with Crippen LogP contribution in [0.2, 0.25) is 0 Å². The Labute approximate surface area is 121 Å². The number of rotatable bonds is 4. The van der Waals surface area contributed by atoms with Crippen molar-refractivity contribution in [3.05, 3.63) is 23.3 Å². The molecule has 2 rings (SSSR count). The number of nitrogens with zero attached hydrogens (tertiary/aromatic N) is 2. The Morgan fingerprint density at radius 1 is 1.30 bits per heavy atom. The predicted molar refractivity (Wildman–Crippen MR) is 83.0 cm³/mol. The third kappa shape index (κ3) is 2.74. The standard InChI is InChI=1S/C16H24N2O2/c1-4-9-18(16(19)20)15-12(2)7-8-14(13(15)3)17-10-5-6-11-17/h7-8H,4-6,9-11H2,1-3H3,(H,19,20). The first-order chi connectivity index (χ1) is 9.56. The molecule has 0 unspecified atom stereocenters. The van der Waals surface area contributed by atoms with Gasteiger partial charge in [-0.05, 0) is 50.3 Å². The molecule has 1 heterocycles. The van der Waals surface area contributed by atoms with E-state index in [0.717, 1.165) is 36.3 Å². The molecule has 1 aliphatic heterocycles. The van der Waals surface area contributed by atoms with Crippen molar-refractivity contribution in [3.63, 3.8) is 0 Å². The molecule has 0 bridgehead atoms. The number of aryl methyl sites for hydroxylation is 1. The summed E-state index contributed by atoms with van der Waals surface area (Å²) in [6.07, 6.45) is 2.40. The van der Waals surface area contributed by atoms with Gasteiger partial charge in [0.15, 0.2) is 0 Å². The van der Waals surface area contributed by atoms with Crippen LogP contribution in [0, 0.1) is 13.8 Å². The fraction of sp³-hybridized carbons (Fsp3) is 0.562. The van der Waals surface area contributed by atoms with Crippen LogP contribution >= 0.6 is 0 Å². The molecule has 0 atom stereocenters. The molecule has 0 spiro atoms. The minimum absolute atomic E-state index is 0.542. The summed E-state index contributed by atoms with van der Waals surface area (Å²) >= 11 is 0. The number of hydrogen-bond acceptors (Lipinski definition) is 2. The Morgan fingerprint density at radius 2 is 1.95 bits per heavy atom. The first-order valence-electron chi connectivity index (χ1n) is 7.42. The second kappa shape index (κ2) is 6.16. The third-order valence-electron chi connectivity index (χ3n) is 4.00. The second-order valence-corrected chi connectivity index (χ2v) is 5.50. The van der Waals surface area contributed by atoms with Crippen molar-refractivity contribution in [2.45, 2.75) is 40.0 Å². The zero-order chi connectivity index (χ0) is 14.7. The first-order valence-corrected chi connectivity index (χ1v) is 7.42. The van der Waals surface area contributed by atoms with Crippen molar-refractivity contribution in [2.24, 2.45) is 0 Å². The fourth-order valence-electron chi connectivity index (χ4n) is 3.07. The average Bonchev–Trinajstić information content (AvgIpc) is 2.91. The van der Waals surface area contributed by atoms with Crippen LogP contribution in [0.25, 0.3) is 0 Å². The summed E-state index contributed by atoms with van der Waals surface area (Å²) < 4.78 is 0. The molecule has 0 radical (unpaired) electrons. The zero-order valence-electron chi connectivity index (χ0n) is 12.6. The smallest absolute Gasteiger partial charge is 0.411 e. The summed E-state index contributed by atoms with van der Waals surface area (Å²) in [7, 11) is 0. The highest BCUT2D eigenvalue weighted by Crippen LogP contribution is 2.34. The van der Waals surface area contributed by atoms with Gasteiger partial charge < -0.3 is 10.0 Å². The minimum atomic E-state index is -0.864. The molecule has 1 aromatic carbocycles. The zero-order valence-corrected chi connectivity index (χ0v) is 12.6. The number of benzene rings is 1.